The lowest BCUT2D eigenvalue weighted by Gasteiger charge is -2.35. The molecule has 2 heterocycles. The number of hydrogen-bond donors (Lipinski definition) is 2. The Morgan fingerprint density at radius 1 is 1.14 bits per heavy atom. The van der Waals surface area contributed by atoms with Crippen molar-refractivity contribution in [2.45, 2.75) is 47.1 Å². The van der Waals surface area contributed by atoms with Crippen molar-refractivity contribution in [2.24, 2.45) is 10.9 Å². The molecule has 1 aliphatic rings. The summed E-state index contributed by atoms with van der Waals surface area (Å²) in [6.45, 7) is 20.6. The summed E-state index contributed by atoms with van der Waals surface area (Å²) in [7, 11) is 0. The molecular formula is C20H39IN6S. The first-order valence-electron chi connectivity index (χ1n) is 10.4. The number of likely N-dealkylation sites (N-methyl/N-ethyl adjacent to an activating group) is 1. The number of aromatic nitrogens is 1. The lowest BCUT2D eigenvalue weighted by molar-refractivity contribution is 0.124. The summed E-state index contributed by atoms with van der Waals surface area (Å²) in [5, 5.41) is 10.1. The van der Waals surface area contributed by atoms with Crippen LogP contribution in [0.3, 0.4) is 0 Å². The fourth-order valence-corrected chi connectivity index (χ4v) is 4.09. The summed E-state index contributed by atoms with van der Waals surface area (Å²) >= 11 is 1.70. The molecule has 0 saturated carbocycles. The fourth-order valence-electron chi connectivity index (χ4n) is 3.22. The number of piperazine rings is 1. The van der Waals surface area contributed by atoms with E-state index in [2.05, 4.69) is 65.4 Å². The Balaban J connectivity index is 0.00000392. The quantitative estimate of drug-likeness (QED) is 0.297. The van der Waals surface area contributed by atoms with Gasteiger partial charge in [-0.2, -0.15) is 0 Å². The van der Waals surface area contributed by atoms with E-state index in [1.54, 1.807) is 11.3 Å². The van der Waals surface area contributed by atoms with Crippen LogP contribution in [0.25, 0.3) is 0 Å². The van der Waals surface area contributed by atoms with Crippen LogP contribution in [-0.4, -0.2) is 73.1 Å². The van der Waals surface area contributed by atoms with Gasteiger partial charge in [0, 0.05) is 51.2 Å². The molecule has 2 rings (SSSR count). The minimum Gasteiger partial charge on any atom is -0.357 e. The first kappa shape index (κ1) is 25.6. The zero-order chi connectivity index (χ0) is 19.6. The number of aliphatic imine (C=N–C) groups is 1. The van der Waals surface area contributed by atoms with E-state index in [4.69, 9.17) is 4.99 Å². The molecule has 1 saturated heterocycles. The fraction of sp³-hybridized carbons (Fsp3) is 0.800. The largest absolute Gasteiger partial charge is 0.357 e. The van der Waals surface area contributed by atoms with E-state index in [1.165, 1.54) is 38.4 Å². The molecule has 6 nitrogen and oxygen atoms in total. The van der Waals surface area contributed by atoms with Gasteiger partial charge in [0.15, 0.2) is 5.96 Å². The molecule has 0 aromatic carbocycles. The Bertz CT molecular complexity index is 569. The topological polar surface area (TPSA) is 55.8 Å². The average molecular weight is 523 g/mol. The van der Waals surface area contributed by atoms with Gasteiger partial charge in [-0.3, -0.25) is 0 Å². The summed E-state index contributed by atoms with van der Waals surface area (Å²) < 4.78 is 0. The SMILES string of the molecule is CCNC(=NCc1nc(C(C)C)cs1)NCC(C)CN1CCN(CC)CC1.I. The van der Waals surface area contributed by atoms with Crippen molar-refractivity contribution in [3.63, 3.8) is 0 Å². The molecule has 8 heteroatoms. The van der Waals surface area contributed by atoms with Crippen LogP contribution in [0.15, 0.2) is 10.4 Å². The number of hydrogen-bond acceptors (Lipinski definition) is 5. The maximum atomic E-state index is 4.72. The molecule has 0 aliphatic carbocycles. The predicted molar refractivity (Wildman–Crippen MR) is 132 cm³/mol. The lowest BCUT2D eigenvalue weighted by Crippen LogP contribution is -2.48. The molecule has 1 fully saturated rings. The number of guanidine groups is 1. The van der Waals surface area contributed by atoms with Crippen molar-refractivity contribution in [2.75, 3.05) is 52.4 Å². The van der Waals surface area contributed by atoms with Gasteiger partial charge in [-0.25, -0.2) is 9.98 Å². The summed E-state index contributed by atoms with van der Waals surface area (Å²) in [4.78, 5) is 14.5. The third kappa shape index (κ3) is 8.92. The highest BCUT2D eigenvalue weighted by molar-refractivity contribution is 14.0. The van der Waals surface area contributed by atoms with Gasteiger partial charge in [0.25, 0.3) is 0 Å². The second-order valence-electron chi connectivity index (χ2n) is 7.74. The van der Waals surface area contributed by atoms with Crippen LogP contribution in [0.2, 0.25) is 0 Å². The molecule has 1 aromatic rings. The maximum absolute atomic E-state index is 4.72. The molecule has 1 aromatic heterocycles. The highest BCUT2D eigenvalue weighted by Gasteiger charge is 2.17. The molecular weight excluding hydrogens is 483 g/mol. The molecule has 28 heavy (non-hydrogen) atoms. The number of thiazole rings is 1. The Kier molecular flexibility index (Phi) is 12.5. The normalized spacial score (nSPS) is 17.4. The molecule has 0 amide bonds. The van der Waals surface area contributed by atoms with Crippen molar-refractivity contribution in [1.82, 2.24) is 25.4 Å². The van der Waals surface area contributed by atoms with Crippen LogP contribution < -0.4 is 10.6 Å². The molecule has 1 atom stereocenters. The molecule has 0 spiro atoms. The van der Waals surface area contributed by atoms with Crippen LogP contribution in [0.1, 0.15) is 51.2 Å². The van der Waals surface area contributed by atoms with E-state index < -0.39 is 0 Å². The van der Waals surface area contributed by atoms with E-state index >= 15 is 0 Å². The van der Waals surface area contributed by atoms with Crippen molar-refractivity contribution < 1.29 is 0 Å². The van der Waals surface area contributed by atoms with Crippen molar-refractivity contribution in [3.8, 4) is 0 Å². The molecule has 1 aliphatic heterocycles. The van der Waals surface area contributed by atoms with Crippen LogP contribution in [0.5, 0.6) is 0 Å². The van der Waals surface area contributed by atoms with Crippen molar-refractivity contribution in [3.05, 3.63) is 16.1 Å². The van der Waals surface area contributed by atoms with Gasteiger partial charge in [-0.05, 0) is 25.3 Å². The van der Waals surface area contributed by atoms with Crippen LogP contribution in [0.4, 0.5) is 0 Å². The van der Waals surface area contributed by atoms with Gasteiger partial charge in [-0.1, -0.05) is 27.7 Å². The number of rotatable bonds is 9. The van der Waals surface area contributed by atoms with Crippen molar-refractivity contribution >= 4 is 41.3 Å². The van der Waals surface area contributed by atoms with E-state index in [-0.39, 0.29) is 24.0 Å². The van der Waals surface area contributed by atoms with E-state index in [0.717, 1.165) is 30.6 Å². The van der Waals surface area contributed by atoms with E-state index in [0.29, 0.717) is 18.4 Å². The first-order chi connectivity index (χ1) is 13.0. The predicted octanol–water partition coefficient (Wildman–Crippen LogP) is 3.21. The van der Waals surface area contributed by atoms with Crippen LogP contribution in [-0.2, 0) is 6.54 Å². The highest BCUT2D eigenvalue weighted by atomic mass is 127. The van der Waals surface area contributed by atoms with Gasteiger partial charge in [0.05, 0.1) is 12.2 Å². The number of nitrogens with one attached hydrogen (secondary N) is 2. The Hall–Kier alpha value is -0.450. The standard InChI is InChI=1S/C20H38N6S.HI/c1-6-21-20(23-13-19-24-18(15-27-19)16(3)4)22-12-17(5)14-26-10-8-25(7-2)9-11-26;/h15-17H,6-14H2,1-5H3,(H2,21,22,23);1H. The van der Waals surface area contributed by atoms with Crippen LogP contribution in [0, 0.1) is 5.92 Å². The van der Waals surface area contributed by atoms with Crippen LogP contribution >= 0.6 is 35.3 Å². The maximum Gasteiger partial charge on any atom is 0.191 e. The second kappa shape index (κ2) is 13.7. The molecule has 0 bridgehead atoms. The monoisotopic (exact) mass is 522 g/mol. The number of nitrogens with zero attached hydrogens (tertiary/aromatic N) is 4. The summed E-state index contributed by atoms with van der Waals surface area (Å²) in [6.07, 6.45) is 0. The third-order valence-electron chi connectivity index (χ3n) is 4.98. The minimum atomic E-state index is 0. The van der Waals surface area contributed by atoms with Crippen molar-refractivity contribution in [1.29, 1.82) is 0 Å². The molecule has 1 unspecified atom stereocenters. The summed E-state index contributed by atoms with van der Waals surface area (Å²) in [6, 6.07) is 0. The summed E-state index contributed by atoms with van der Waals surface area (Å²) in [5.41, 5.74) is 1.17. The van der Waals surface area contributed by atoms with E-state index in [1.807, 2.05) is 0 Å². The molecule has 162 valence electrons. The zero-order valence-corrected chi connectivity index (χ0v) is 21.3. The third-order valence-corrected chi connectivity index (χ3v) is 5.83. The summed E-state index contributed by atoms with van der Waals surface area (Å²) in [5.74, 6) is 1.96. The van der Waals surface area contributed by atoms with Gasteiger partial charge in [-0.15, -0.1) is 35.3 Å². The van der Waals surface area contributed by atoms with E-state index in [9.17, 15) is 0 Å². The lowest BCUT2D eigenvalue weighted by atomic mass is 10.1. The van der Waals surface area contributed by atoms with Gasteiger partial charge < -0.3 is 20.4 Å². The van der Waals surface area contributed by atoms with Gasteiger partial charge in [0.1, 0.15) is 5.01 Å². The first-order valence-corrected chi connectivity index (χ1v) is 11.3. The van der Waals surface area contributed by atoms with Gasteiger partial charge >= 0.3 is 0 Å². The smallest absolute Gasteiger partial charge is 0.191 e. The second-order valence-corrected chi connectivity index (χ2v) is 8.68. The number of halogens is 1. The Morgan fingerprint density at radius 3 is 2.39 bits per heavy atom. The Morgan fingerprint density at radius 2 is 1.82 bits per heavy atom. The van der Waals surface area contributed by atoms with Gasteiger partial charge in [0.2, 0.25) is 0 Å². The Labute approximate surface area is 192 Å². The highest BCUT2D eigenvalue weighted by Crippen LogP contribution is 2.18. The molecule has 2 N–H and O–H groups in total. The minimum absolute atomic E-state index is 0. The average Bonchev–Trinajstić information content (AvgIpc) is 3.14. The zero-order valence-electron chi connectivity index (χ0n) is 18.2. The molecule has 0 radical (unpaired) electrons.